The van der Waals surface area contributed by atoms with Gasteiger partial charge in [-0.25, -0.2) is 9.97 Å². The zero-order valence-electron chi connectivity index (χ0n) is 12.5. The minimum Gasteiger partial charge on any atom is -0.550 e. The second kappa shape index (κ2) is 9.37. The van der Waals surface area contributed by atoms with E-state index in [-0.39, 0.29) is 17.1 Å². The molecule has 0 saturated carbocycles. The molecule has 0 unspecified atom stereocenters. The van der Waals surface area contributed by atoms with E-state index >= 15 is 0 Å². The number of hydrogen-bond donors (Lipinski definition) is 0. The fraction of sp³-hybridized carbons (Fsp3) is 0.214. The normalized spacial score (nSPS) is 8.39. The summed E-state index contributed by atoms with van der Waals surface area (Å²) in [5.74, 6) is -2.61. The van der Waals surface area contributed by atoms with Crippen molar-refractivity contribution in [3.63, 3.8) is 0 Å². The number of aliphatic carboxylic acids is 1. The molecule has 0 atom stereocenters. The smallest absolute Gasteiger partial charge is 0.308 e. The maximum atomic E-state index is 11.4. The molecule has 0 aromatic carbocycles. The number of ketones is 1. The van der Waals surface area contributed by atoms with Gasteiger partial charge in [0.15, 0.2) is 17.1 Å². The summed E-state index contributed by atoms with van der Waals surface area (Å²) in [7, 11) is 0. The molecule has 0 bridgehead atoms. The van der Waals surface area contributed by atoms with Crippen LogP contribution in [0.15, 0.2) is 18.0 Å². The van der Waals surface area contributed by atoms with Gasteiger partial charge < -0.3 is 14.6 Å². The molecule has 9 heteroatoms. The van der Waals surface area contributed by atoms with Crippen molar-refractivity contribution < 1.29 is 24.2 Å². The molecular weight excluding hydrogens is 304 g/mol. The van der Waals surface area contributed by atoms with Gasteiger partial charge in [-0.15, -0.1) is 0 Å². The highest BCUT2D eigenvalue weighted by atomic mass is 16.5. The molecule has 0 N–H and O–H groups in total. The topological polar surface area (TPSA) is 157 Å². The van der Waals surface area contributed by atoms with E-state index in [0.717, 1.165) is 13.8 Å². The Labute approximate surface area is 131 Å². The van der Waals surface area contributed by atoms with E-state index < -0.39 is 23.3 Å². The lowest BCUT2D eigenvalue weighted by Gasteiger charge is -2.08. The van der Waals surface area contributed by atoms with E-state index in [2.05, 4.69) is 9.97 Å². The van der Waals surface area contributed by atoms with Gasteiger partial charge in [0.1, 0.15) is 23.5 Å². The molecule has 23 heavy (non-hydrogen) atoms. The number of allylic oxidation sites excluding steroid dienone is 1. The van der Waals surface area contributed by atoms with Crippen molar-refractivity contribution >= 4 is 23.5 Å². The summed E-state index contributed by atoms with van der Waals surface area (Å²) in [5.41, 5.74) is -0.650. The first kappa shape index (κ1) is 19.4. The molecule has 0 aliphatic heterocycles. The third-order valence-corrected chi connectivity index (χ3v) is 1.94. The van der Waals surface area contributed by atoms with Crippen LogP contribution in [0, 0.1) is 22.7 Å². The van der Waals surface area contributed by atoms with E-state index in [9.17, 15) is 9.59 Å². The van der Waals surface area contributed by atoms with Crippen molar-refractivity contribution in [3.8, 4) is 12.1 Å². The fourth-order valence-electron chi connectivity index (χ4n) is 1.25. The first-order valence-electron chi connectivity index (χ1n) is 5.97. The lowest BCUT2D eigenvalue weighted by molar-refractivity contribution is -0.302. The van der Waals surface area contributed by atoms with E-state index in [4.69, 9.17) is 25.2 Å². The molecule has 1 rings (SSSR count). The minimum absolute atomic E-state index is 0.0817. The number of nitriles is 2. The molecule has 0 fully saturated rings. The van der Waals surface area contributed by atoms with Crippen molar-refractivity contribution in [2.75, 3.05) is 0 Å². The summed E-state index contributed by atoms with van der Waals surface area (Å²) >= 11 is 0. The van der Waals surface area contributed by atoms with Gasteiger partial charge in [0.05, 0.1) is 0 Å². The number of carboxylic acid groups (broad SMARTS) is 1. The summed E-state index contributed by atoms with van der Waals surface area (Å²) in [6.45, 7) is 3.33. The zero-order chi connectivity index (χ0) is 18.0. The number of ether oxygens (including phenoxy) is 1. The maximum absolute atomic E-state index is 11.4. The molecule has 9 nitrogen and oxygen atoms in total. The van der Waals surface area contributed by atoms with Gasteiger partial charge in [0.25, 0.3) is 0 Å². The summed E-state index contributed by atoms with van der Waals surface area (Å²) in [4.78, 5) is 39.0. The van der Waals surface area contributed by atoms with E-state index in [1.165, 1.54) is 19.3 Å². The Morgan fingerprint density at radius 3 is 1.83 bits per heavy atom. The zero-order valence-corrected chi connectivity index (χ0v) is 12.5. The van der Waals surface area contributed by atoms with Crippen LogP contribution in [0.5, 0.6) is 0 Å². The van der Waals surface area contributed by atoms with Crippen LogP contribution in [0.3, 0.4) is 0 Å². The Hall–Kier alpha value is -3.59. The standard InChI is InChI=1S/C12H8N4O3.C2H4O2/c1-7(17)10-11(16-4-3-15-10)12(19-8(2)18)9(5-13)6-14;1-2(3)4/h3-4H,1-2H3;1H3,(H,3,4)/p-1. The average Bonchev–Trinajstić information content (AvgIpc) is 2.46. The lowest BCUT2D eigenvalue weighted by Crippen LogP contribution is -2.16. The number of carbonyl (C=O) groups excluding carboxylic acids is 3. The maximum Gasteiger partial charge on any atom is 0.308 e. The molecule has 0 aliphatic carbocycles. The third-order valence-electron chi connectivity index (χ3n) is 1.94. The van der Waals surface area contributed by atoms with Crippen LogP contribution in [-0.2, 0) is 14.3 Å². The number of aromatic nitrogens is 2. The van der Waals surface area contributed by atoms with Crippen molar-refractivity contribution in [1.29, 1.82) is 10.5 Å². The number of esters is 1. The molecule has 1 heterocycles. The monoisotopic (exact) mass is 315 g/mol. The highest BCUT2D eigenvalue weighted by Gasteiger charge is 2.21. The number of carbonyl (C=O) groups is 3. The van der Waals surface area contributed by atoms with Gasteiger partial charge in [0, 0.05) is 32.2 Å². The van der Waals surface area contributed by atoms with E-state index in [1.54, 1.807) is 12.1 Å². The van der Waals surface area contributed by atoms with E-state index in [0.29, 0.717) is 0 Å². The van der Waals surface area contributed by atoms with Crippen LogP contribution in [0.2, 0.25) is 0 Å². The van der Waals surface area contributed by atoms with Crippen molar-refractivity contribution in [1.82, 2.24) is 9.97 Å². The second-order valence-electron chi connectivity index (χ2n) is 3.82. The molecular formula is C14H11N4O5-. The van der Waals surface area contributed by atoms with Crippen LogP contribution in [0.1, 0.15) is 37.0 Å². The third kappa shape index (κ3) is 6.60. The van der Waals surface area contributed by atoms with Gasteiger partial charge in [-0.2, -0.15) is 10.5 Å². The predicted molar refractivity (Wildman–Crippen MR) is 72.6 cm³/mol. The van der Waals surface area contributed by atoms with Gasteiger partial charge in [0.2, 0.25) is 0 Å². The van der Waals surface area contributed by atoms with Crippen LogP contribution in [-0.4, -0.2) is 27.7 Å². The largest absolute Gasteiger partial charge is 0.550 e. The average molecular weight is 315 g/mol. The fourth-order valence-corrected chi connectivity index (χ4v) is 1.25. The van der Waals surface area contributed by atoms with Crippen LogP contribution >= 0.6 is 0 Å². The second-order valence-corrected chi connectivity index (χ2v) is 3.82. The van der Waals surface area contributed by atoms with E-state index in [1.807, 2.05) is 0 Å². The molecule has 0 radical (unpaired) electrons. The molecule has 0 spiro atoms. The predicted octanol–water partition coefficient (Wildman–Crippen LogP) is -0.243. The Morgan fingerprint density at radius 2 is 1.48 bits per heavy atom. The Kier molecular flexibility index (Phi) is 7.90. The molecule has 0 saturated heterocycles. The van der Waals surface area contributed by atoms with Crippen LogP contribution in [0.25, 0.3) is 5.76 Å². The van der Waals surface area contributed by atoms with Crippen molar-refractivity contribution in [2.45, 2.75) is 20.8 Å². The van der Waals surface area contributed by atoms with Gasteiger partial charge in [-0.1, -0.05) is 0 Å². The van der Waals surface area contributed by atoms with Crippen molar-refractivity contribution in [2.24, 2.45) is 0 Å². The highest BCUT2D eigenvalue weighted by Crippen LogP contribution is 2.21. The number of rotatable bonds is 3. The summed E-state index contributed by atoms with van der Waals surface area (Å²) in [5, 5.41) is 26.6. The molecule has 0 aliphatic rings. The number of hydrogen-bond acceptors (Lipinski definition) is 9. The number of Topliss-reactive ketones (excluding diaryl/α,β-unsaturated/α-hetero) is 1. The van der Waals surface area contributed by atoms with Gasteiger partial charge >= 0.3 is 5.97 Å². The Balaban J connectivity index is 0.00000108. The summed E-state index contributed by atoms with van der Waals surface area (Å²) in [6, 6.07) is 3.17. The summed E-state index contributed by atoms with van der Waals surface area (Å²) in [6.07, 6.45) is 2.54. The quantitative estimate of drug-likeness (QED) is 0.317. The SMILES string of the molecule is CC(=O)OC(=C(C#N)C#N)c1nccnc1C(C)=O.CC(=O)[O-]. The van der Waals surface area contributed by atoms with Crippen LogP contribution in [0.4, 0.5) is 0 Å². The van der Waals surface area contributed by atoms with Crippen LogP contribution < -0.4 is 5.11 Å². The minimum atomic E-state index is -1.08. The van der Waals surface area contributed by atoms with Gasteiger partial charge in [-0.05, 0) is 6.92 Å². The lowest BCUT2D eigenvalue weighted by atomic mass is 10.1. The first-order chi connectivity index (χ1) is 10.7. The van der Waals surface area contributed by atoms with Gasteiger partial charge in [-0.3, -0.25) is 9.59 Å². The van der Waals surface area contributed by atoms with Crippen molar-refractivity contribution in [3.05, 3.63) is 29.4 Å². The first-order valence-corrected chi connectivity index (χ1v) is 5.97. The number of carboxylic acids is 1. The molecule has 118 valence electrons. The molecule has 1 aromatic rings. The highest BCUT2D eigenvalue weighted by molar-refractivity contribution is 5.97. The molecule has 0 amide bonds. The Morgan fingerprint density at radius 1 is 1.04 bits per heavy atom. The summed E-state index contributed by atoms with van der Waals surface area (Å²) < 4.78 is 4.81. The Bertz CT molecular complexity index is 720. The molecule has 1 aromatic heterocycles. The number of nitrogens with zero attached hydrogens (tertiary/aromatic N) is 4.